The minimum atomic E-state index is -1.22. The Bertz CT molecular complexity index is 817. The zero-order chi connectivity index (χ0) is 23.3. The summed E-state index contributed by atoms with van der Waals surface area (Å²) in [7, 11) is 0. The van der Waals surface area contributed by atoms with E-state index in [9.17, 15) is 19.2 Å². The summed E-state index contributed by atoms with van der Waals surface area (Å²) < 4.78 is 5.27. The first kappa shape index (κ1) is 24.5. The Balaban J connectivity index is 2.16. The van der Waals surface area contributed by atoms with E-state index in [0.29, 0.717) is 11.5 Å². The van der Waals surface area contributed by atoms with Crippen LogP contribution in [-0.4, -0.2) is 40.4 Å². The monoisotopic (exact) mass is 432 g/mol. The summed E-state index contributed by atoms with van der Waals surface area (Å²) in [5.74, 6) is -4.16. The summed E-state index contributed by atoms with van der Waals surface area (Å²) in [5.41, 5.74) is 0.0522. The van der Waals surface area contributed by atoms with Crippen LogP contribution in [0, 0.1) is 17.8 Å². The molecule has 3 amide bonds. The summed E-state index contributed by atoms with van der Waals surface area (Å²) >= 11 is 0. The van der Waals surface area contributed by atoms with E-state index < -0.39 is 47.2 Å². The van der Waals surface area contributed by atoms with Crippen LogP contribution in [0.25, 0.3) is 0 Å². The van der Waals surface area contributed by atoms with Crippen LogP contribution in [-0.2, 0) is 30.6 Å². The Kier molecular flexibility index (Phi) is 7.95. The molecular formula is C23H32N2O6. The SMILES string of the molecule is CC[C@H](C)[C@H](NC(=O)OC(C)(C)C)C(=O)[C@@H]1C(=O)N(OCc2ccccc2)C(=O)[C@H]1C. The highest BCUT2D eigenvalue weighted by molar-refractivity contribution is 6.16. The van der Waals surface area contributed by atoms with Crippen LogP contribution in [0.2, 0.25) is 0 Å². The van der Waals surface area contributed by atoms with Gasteiger partial charge in [0.1, 0.15) is 18.1 Å². The van der Waals surface area contributed by atoms with Gasteiger partial charge in [-0.1, -0.05) is 57.5 Å². The van der Waals surface area contributed by atoms with Crippen LogP contribution in [0.1, 0.15) is 53.5 Å². The predicted molar refractivity (Wildman–Crippen MR) is 113 cm³/mol. The van der Waals surface area contributed by atoms with Gasteiger partial charge < -0.3 is 10.1 Å². The molecule has 0 unspecified atom stereocenters. The molecule has 8 nitrogen and oxygen atoms in total. The van der Waals surface area contributed by atoms with E-state index in [0.717, 1.165) is 5.56 Å². The summed E-state index contributed by atoms with van der Waals surface area (Å²) in [6, 6.07) is 8.14. The van der Waals surface area contributed by atoms with E-state index in [1.807, 2.05) is 25.1 Å². The van der Waals surface area contributed by atoms with Gasteiger partial charge in [0.15, 0.2) is 5.78 Å². The molecule has 2 rings (SSSR count). The van der Waals surface area contributed by atoms with Crippen LogP contribution in [0.4, 0.5) is 4.79 Å². The third kappa shape index (κ3) is 6.13. The number of ether oxygens (including phenoxy) is 1. The molecule has 1 aromatic carbocycles. The Morgan fingerprint density at radius 3 is 2.29 bits per heavy atom. The number of amides is 3. The minimum Gasteiger partial charge on any atom is -0.444 e. The maximum absolute atomic E-state index is 13.3. The van der Waals surface area contributed by atoms with Crippen molar-refractivity contribution in [2.24, 2.45) is 17.8 Å². The van der Waals surface area contributed by atoms with E-state index in [4.69, 9.17) is 9.57 Å². The van der Waals surface area contributed by atoms with Crippen molar-refractivity contribution < 1.29 is 28.8 Å². The number of ketones is 1. The molecule has 1 saturated heterocycles. The number of rotatable bonds is 8. The number of hydrogen-bond donors (Lipinski definition) is 1. The fourth-order valence-electron chi connectivity index (χ4n) is 3.34. The van der Waals surface area contributed by atoms with Crippen molar-refractivity contribution in [3.05, 3.63) is 35.9 Å². The van der Waals surface area contributed by atoms with Crippen molar-refractivity contribution >= 4 is 23.7 Å². The van der Waals surface area contributed by atoms with Gasteiger partial charge in [-0.25, -0.2) is 4.79 Å². The minimum absolute atomic E-state index is 0.0247. The van der Waals surface area contributed by atoms with Crippen LogP contribution < -0.4 is 5.32 Å². The van der Waals surface area contributed by atoms with Gasteiger partial charge in [-0.05, 0) is 32.3 Å². The number of imide groups is 1. The Morgan fingerprint density at radius 2 is 1.74 bits per heavy atom. The fourth-order valence-corrected chi connectivity index (χ4v) is 3.34. The Hall–Kier alpha value is -2.74. The van der Waals surface area contributed by atoms with E-state index in [-0.39, 0.29) is 12.5 Å². The van der Waals surface area contributed by atoms with Gasteiger partial charge in [0.25, 0.3) is 11.8 Å². The zero-order valence-electron chi connectivity index (χ0n) is 19.0. The standard InChI is InChI=1S/C23H32N2O6/c1-7-14(2)18(24-22(29)31-23(4,5)6)19(26)17-15(3)20(27)25(21(17)28)30-13-16-11-9-8-10-12-16/h8-12,14-15,17-18H,7,13H2,1-6H3,(H,24,29)/t14-,15-,17+,18-/m0/s1. The number of alkyl carbamates (subject to hydrolysis) is 1. The summed E-state index contributed by atoms with van der Waals surface area (Å²) in [6.45, 7) is 10.4. The largest absolute Gasteiger partial charge is 0.444 e. The van der Waals surface area contributed by atoms with Gasteiger partial charge in [0.2, 0.25) is 0 Å². The van der Waals surface area contributed by atoms with Gasteiger partial charge in [-0.2, -0.15) is 5.06 Å². The summed E-state index contributed by atoms with van der Waals surface area (Å²) in [5, 5.41) is 3.28. The van der Waals surface area contributed by atoms with Crippen molar-refractivity contribution in [2.75, 3.05) is 0 Å². The van der Waals surface area contributed by atoms with E-state index in [1.54, 1.807) is 39.8 Å². The molecule has 31 heavy (non-hydrogen) atoms. The number of nitrogens with one attached hydrogen (secondary N) is 1. The molecule has 1 fully saturated rings. The lowest BCUT2D eigenvalue weighted by Crippen LogP contribution is -2.50. The molecule has 0 bridgehead atoms. The third-order valence-corrected chi connectivity index (χ3v) is 5.26. The van der Waals surface area contributed by atoms with Gasteiger partial charge in [-0.3, -0.25) is 19.2 Å². The molecule has 4 atom stereocenters. The lowest BCUT2D eigenvalue weighted by molar-refractivity contribution is -0.193. The van der Waals surface area contributed by atoms with E-state index in [1.165, 1.54) is 6.92 Å². The molecule has 0 saturated carbocycles. The molecule has 8 heteroatoms. The second-order valence-electron chi connectivity index (χ2n) is 8.91. The molecule has 1 aromatic rings. The average molecular weight is 433 g/mol. The summed E-state index contributed by atoms with van der Waals surface area (Å²) in [6.07, 6.45) is -0.156. The third-order valence-electron chi connectivity index (χ3n) is 5.26. The smallest absolute Gasteiger partial charge is 0.408 e. The molecule has 1 aliphatic heterocycles. The van der Waals surface area contributed by atoms with Crippen molar-refractivity contribution in [1.82, 2.24) is 10.4 Å². The molecule has 170 valence electrons. The quantitative estimate of drug-likeness (QED) is 0.500. The van der Waals surface area contributed by atoms with Gasteiger partial charge in [0, 0.05) is 0 Å². The molecule has 0 spiro atoms. The van der Waals surface area contributed by atoms with Crippen LogP contribution in [0.3, 0.4) is 0 Å². The van der Waals surface area contributed by atoms with Crippen molar-refractivity contribution in [3.63, 3.8) is 0 Å². The predicted octanol–water partition coefficient (Wildman–Crippen LogP) is 3.25. The molecule has 1 heterocycles. The van der Waals surface area contributed by atoms with Crippen molar-refractivity contribution in [3.8, 4) is 0 Å². The van der Waals surface area contributed by atoms with Gasteiger partial charge in [-0.15, -0.1) is 0 Å². The molecule has 0 aromatic heterocycles. The molecule has 0 aliphatic carbocycles. The van der Waals surface area contributed by atoms with E-state index in [2.05, 4.69) is 5.32 Å². The molecular weight excluding hydrogens is 400 g/mol. The number of nitrogens with zero attached hydrogens (tertiary/aromatic N) is 1. The molecule has 1 aliphatic rings. The molecule has 0 radical (unpaired) electrons. The average Bonchev–Trinajstić information content (AvgIpc) is 2.91. The second kappa shape index (κ2) is 10.0. The summed E-state index contributed by atoms with van der Waals surface area (Å²) in [4.78, 5) is 56.6. The lowest BCUT2D eigenvalue weighted by atomic mass is 9.83. The first-order chi connectivity index (χ1) is 14.5. The number of carbonyl (C=O) groups is 4. The Labute approximate surface area is 183 Å². The van der Waals surface area contributed by atoms with Crippen LogP contribution in [0.5, 0.6) is 0 Å². The second-order valence-corrected chi connectivity index (χ2v) is 8.91. The normalized spacial score (nSPS) is 21.0. The van der Waals surface area contributed by atoms with Gasteiger partial charge >= 0.3 is 6.09 Å². The lowest BCUT2D eigenvalue weighted by Gasteiger charge is -2.27. The maximum Gasteiger partial charge on any atom is 0.408 e. The highest BCUT2D eigenvalue weighted by Gasteiger charge is 2.52. The fraction of sp³-hybridized carbons (Fsp3) is 0.565. The van der Waals surface area contributed by atoms with Crippen molar-refractivity contribution in [2.45, 2.75) is 66.2 Å². The number of benzene rings is 1. The van der Waals surface area contributed by atoms with Crippen LogP contribution in [0.15, 0.2) is 30.3 Å². The molecule has 1 N–H and O–H groups in total. The highest BCUT2D eigenvalue weighted by Crippen LogP contribution is 2.30. The number of Topliss-reactive ketones (excluding diaryl/α,β-unsaturated/α-hetero) is 1. The number of hydroxylamine groups is 2. The first-order valence-electron chi connectivity index (χ1n) is 10.5. The number of carbonyl (C=O) groups excluding carboxylic acids is 4. The van der Waals surface area contributed by atoms with Crippen molar-refractivity contribution in [1.29, 1.82) is 0 Å². The zero-order valence-corrected chi connectivity index (χ0v) is 19.0. The van der Waals surface area contributed by atoms with Gasteiger partial charge in [0.05, 0.1) is 12.0 Å². The highest BCUT2D eigenvalue weighted by atomic mass is 16.7. The van der Waals surface area contributed by atoms with E-state index >= 15 is 0 Å². The topological polar surface area (TPSA) is 102 Å². The maximum atomic E-state index is 13.3. The first-order valence-corrected chi connectivity index (χ1v) is 10.5. The number of hydrogen-bond acceptors (Lipinski definition) is 6. The van der Waals surface area contributed by atoms with Crippen LogP contribution >= 0.6 is 0 Å². The Morgan fingerprint density at radius 1 is 1.13 bits per heavy atom.